The van der Waals surface area contributed by atoms with Gasteiger partial charge in [-0.2, -0.15) is 0 Å². The van der Waals surface area contributed by atoms with E-state index in [2.05, 4.69) is 27.1 Å². The van der Waals surface area contributed by atoms with Crippen LogP contribution in [0.25, 0.3) is 0 Å². The number of hydrogen-bond donors (Lipinski definition) is 2. The number of carbonyl (C=O) groups is 2. The van der Waals surface area contributed by atoms with Gasteiger partial charge in [-0.3, -0.25) is 10.1 Å². The first kappa shape index (κ1) is 25.3. The van der Waals surface area contributed by atoms with Gasteiger partial charge >= 0.3 is 6.03 Å². The highest BCUT2D eigenvalue weighted by Crippen LogP contribution is 2.38. The molecule has 194 valence electrons. The lowest BCUT2D eigenvalue weighted by molar-refractivity contribution is 0.0747. The highest BCUT2D eigenvalue weighted by Gasteiger charge is 2.31. The fourth-order valence-corrected chi connectivity index (χ4v) is 7.14. The summed E-state index contributed by atoms with van der Waals surface area (Å²) in [6.45, 7) is 2.60. The predicted molar refractivity (Wildman–Crippen MR) is 146 cm³/mol. The van der Waals surface area contributed by atoms with Crippen LogP contribution in [-0.2, 0) is 22.9 Å². The Kier molecular flexibility index (Phi) is 7.48. The van der Waals surface area contributed by atoms with E-state index in [0.717, 1.165) is 61.3 Å². The van der Waals surface area contributed by atoms with Gasteiger partial charge in [-0.25, -0.2) is 17.9 Å². The topological polar surface area (TPSA) is 98.8 Å². The SMILES string of the molecule is O=C(Nc1sc2c(c1C(=O)N1CCN(c3ccccc3)CC1)CCCCC2)NS(=O)(=O)c1ccccc1. The van der Waals surface area contributed by atoms with Crippen molar-refractivity contribution in [3.05, 3.63) is 76.7 Å². The molecule has 0 spiro atoms. The number of hydrogen-bond acceptors (Lipinski definition) is 6. The average molecular weight is 539 g/mol. The van der Waals surface area contributed by atoms with E-state index >= 15 is 0 Å². The Morgan fingerprint density at radius 2 is 1.46 bits per heavy atom. The van der Waals surface area contributed by atoms with Crippen molar-refractivity contribution in [2.24, 2.45) is 0 Å². The number of thiophene rings is 1. The third kappa shape index (κ3) is 5.65. The molecule has 10 heteroatoms. The van der Waals surface area contributed by atoms with Gasteiger partial charge in [0.1, 0.15) is 5.00 Å². The Balaban J connectivity index is 1.35. The molecule has 3 amide bonds. The van der Waals surface area contributed by atoms with Crippen molar-refractivity contribution in [3.8, 4) is 0 Å². The normalized spacial score (nSPS) is 16.0. The highest BCUT2D eigenvalue weighted by atomic mass is 32.2. The first-order valence-electron chi connectivity index (χ1n) is 12.5. The number of fused-ring (bicyclic) bond motifs is 1. The Hall–Kier alpha value is -3.37. The Morgan fingerprint density at radius 3 is 2.16 bits per heavy atom. The van der Waals surface area contributed by atoms with Crippen molar-refractivity contribution in [3.63, 3.8) is 0 Å². The van der Waals surface area contributed by atoms with E-state index in [4.69, 9.17) is 0 Å². The van der Waals surface area contributed by atoms with Crippen LogP contribution in [0.3, 0.4) is 0 Å². The van der Waals surface area contributed by atoms with Gasteiger partial charge in [0.25, 0.3) is 15.9 Å². The van der Waals surface area contributed by atoms with Gasteiger partial charge in [-0.15, -0.1) is 11.3 Å². The van der Waals surface area contributed by atoms with E-state index in [1.807, 2.05) is 23.1 Å². The smallest absolute Gasteiger partial charge is 0.333 e. The summed E-state index contributed by atoms with van der Waals surface area (Å²) in [7, 11) is -4.03. The molecule has 0 saturated carbocycles. The largest absolute Gasteiger partial charge is 0.368 e. The van der Waals surface area contributed by atoms with Crippen molar-refractivity contribution in [1.82, 2.24) is 9.62 Å². The monoisotopic (exact) mass is 538 g/mol. The lowest BCUT2D eigenvalue weighted by atomic mass is 10.0. The minimum atomic E-state index is -4.03. The van der Waals surface area contributed by atoms with Crippen molar-refractivity contribution in [1.29, 1.82) is 0 Å². The molecule has 2 aliphatic rings. The number of amides is 3. The maximum absolute atomic E-state index is 13.8. The lowest BCUT2D eigenvalue weighted by Gasteiger charge is -2.36. The molecule has 2 N–H and O–H groups in total. The van der Waals surface area contributed by atoms with Gasteiger partial charge in [0.15, 0.2) is 0 Å². The van der Waals surface area contributed by atoms with Gasteiger partial charge in [0.05, 0.1) is 10.5 Å². The van der Waals surface area contributed by atoms with Crippen LogP contribution in [-0.4, -0.2) is 51.4 Å². The molecule has 1 aliphatic heterocycles. The van der Waals surface area contributed by atoms with Crippen LogP contribution >= 0.6 is 11.3 Å². The van der Waals surface area contributed by atoms with E-state index in [9.17, 15) is 18.0 Å². The van der Waals surface area contributed by atoms with Crippen molar-refractivity contribution >= 4 is 44.0 Å². The molecule has 0 unspecified atom stereocenters. The molecule has 0 atom stereocenters. The quantitative estimate of drug-likeness (QED) is 0.467. The maximum atomic E-state index is 13.8. The Bertz CT molecular complexity index is 1370. The van der Waals surface area contributed by atoms with Crippen LogP contribution in [0.1, 0.15) is 40.1 Å². The minimum absolute atomic E-state index is 0.000279. The molecule has 8 nitrogen and oxygen atoms in total. The standard InChI is InChI=1S/C27H30N4O4S2/c32-26(31-18-16-30(17-19-31)20-10-4-1-5-11-20)24-22-14-8-3-9-15-23(22)36-25(24)28-27(33)29-37(34,35)21-12-6-2-7-13-21/h1-2,4-7,10-13H,3,8-9,14-19H2,(H2,28,29,33). The number of piperazine rings is 1. The first-order valence-corrected chi connectivity index (χ1v) is 14.8. The van der Waals surface area contributed by atoms with E-state index < -0.39 is 16.1 Å². The number of urea groups is 1. The fourth-order valence-electron chi connectivity index (χ4n) is 4.93. The molecule has 1 aliphatic carbocycles. The van der Waals surface area contributed by atoms with Crippen molar-refractivity contribution in [2.45, 2.75) is 37.0 Å². The van der Waals surface area contributed by atoms with Crippen molar-refractivity contribution in [2.75, 3.05) is 36.4 Å². The molecule has 1 aromatic heterocycles. The number of carbonyl (C=O) groups excluding carboxylic acids is 2. The summed E-state index contributed by atoms with van der Waals surface area (Å²) in [5, 5.41) is 3.12. The number of sulfonamides is 1. The van der Waals surface area contributed by atoms with E-state index in [-0.39, 0.29) is 10.8 Å². The van der Waals surface area contributed by atoms with Gasteiger partial charge in [-0.05, 0) is 55.5 Å². The third-order valence-electron chi connectivity index (χ3n) is 6.83. The summed E-state index contributed by atoms with van der Waals surface area (Å²) in [6, 6.07) is 17.0. The summed E-state index contributed by atoms with van der Waals surface area (Å²) in [5.74, 6) is -0.103. The van der Waals surface area contributed by atoms with Gasteiger partial charge < -0.3 is 9.80 Å². The summed E-state index contributed by atoms with van der Waals surface area (Å²) in [6.07, 6.45) is 4.75. The lowest BCUT2D eigenvalue weighted by Crippen LogP contribution is -2.49. The van der Waals surface area contributed by atoms with Gasteiger partial charge in [0, 0.05) is 36.7 Å². The second-order valence-electron chi connectivity index (χ2n) is 9.26. The number of nitrogens with one attached hydrogen (secondary N) is 2. The number of rotatable bonds is 5. The zero-order valence-electron chi connectivity index (χ0n) is 20.5. The van der Waals surface area contributed by atoms with Crippen molar-refractivity contribution < 1.29 is 18.0 Å². The summed E-state index contributed by atoms with van der Waals surface area (Å²) < 4.78 is 27.4. The number of benzene rings is 2. The Morgan fingerprint density at radius 1 is 0.811 bits per heavy atom. The number of aryl methyl sites for hydroxylation is 1. The highest BCUT2D eigenvalue weighted by molar-refractivity contribution is 7.90. The third-order valence-corrected chi connectivity index (χ3v) is 9.39. The van der Waals surface area contributed by atoms with Gasteiger partial charge in [-0.1, -0.05) is 42.8 Å². The Labute approximate surface area is 221 Å². The summed E-state index contributed by atoms with van der Waals surface area (Å²) in [4.78, 5) is 31.8. The van der Waals surface area contributed by atoms with E-state index in [0.29, 0.717) is 23.7 Å². The number of anilines is 2. The van der Waals surface area contributed by atoms with Crippen LogP contribution in [0.2, 0.25) is 0 Å². The molecule has 37 heavy (non-hydrogen) atoms. The summed E-state index contributed by atoms with van der Waals surface area (Å²) in [5.41, 5.74) is 2.65. The molecule has 2 heterocycles. The molecule has 3 aromatic rings. The second-order valence-corrected chi connectivity index (χ2v) is 12.0. The average Bonchev–Trinajstić information content (AvgIpc) is 3.08. The molecule has 1 saturated heterocycles. The molecule has 0 radical (unpaired) electrons. The first-order chi connectivity index (χ1) is 17.9. The second kappa shape index (κ2) is 10.9. The molecule has 5 rings (SSSR count). The molecule has 0 bridgehead atoms. The molecule has 1 fully saturated rings. The van der Waals surface area contributed by atoms with Crippen LogP contribution in [0.4, 0.5) is 15.5 Å². The van der Waals surface area contributed by atoms with E-state index in [1.54, 1.807) is 18.2 Å². The maximum Gasteiger partial charge on any atom is 0.333 e. The molecule has 2 aromatic carbocycles. The zero-order chi connectivity index (χ0) is 25.8. The van der Waals surface area contributed by atoms with Gasteiger partial charge in [0.2, 0.25) is 0 Å². The number of para-hydroxylation sites is 1. The van der Waals surface area contributed by atoms with Crippen LogP contribution < -0.4 is 14.9 Å². The zero-order valence-corrected chi connectivity index (χ0v) is 22.1. The summed E-state index contributed by atoms with van der Waals surface area (Å²) >= 11 is 1.39. The predicted octanol–water partition coefficient (Wildman–Crippen LogP) is 4.49. The van der Waals surface area contributed by atoms with Crippen LogP contribution in [0.5, 0.6) is 0 Å². The molecular formula is C27H30N4O4S2. The van der Waals surface area contributed by atoms with Crippen LogP contribution in [0, 0.1) is 0 Å². The minimum Gasteiger partial charge on any atom is -0.368 e. The van der Waals surface area contributed by atoms with Crippen LogP contribution in [0.15, 0.2) is 65.6 Å². The number of nitrogens with zero attached hydrogens (tertiary/aromatic N) is 2. The van der Waals surface area contributed by atoms with E-state index in [1.165, 1.54) is 23.5 Å². The fraction of sp³-hybridized carbons (Fsp3) is 0.333. The molecular weight excluding hydrogens is 508 g/mol.